The highest BCUT2D eigenvalue weighted by molar-refractivity contribution is 5.25. The van der Waals surface area contributed by atoms with Crippen molar-refractivity contribution < 1.29 is 5.11 Å². The zero-order valence-electron chi connectivity index (χ0n) is 9.08. The summed E-state index contributed by atoms with van der Waals surface area (Å²) in [6.45, 7) is 2.80. The second-order valence-corrected chi connectivity index (χ2v) is 3.66. The Kier molecular flexibility index (Phi) is 5.81. The van der Waals surface area contributed by atoms with E-state index in [-0.39, 0.29) is 0 Å². The molecule has 1 aromatic rings. The van der Waals surface area contributed by atoms with Crippen LogP contribution in [0.25, 0.3) is 0 Å². The van der Waals surface area contributed by atoms with Crippen LogP contribution in [-0.4, -0.2) is 24.7 Å². The summed E-state index contributed by atoms with van der Waals surface area (Å²) in [6, 6.07) is 7.36. The molecule has 0 amide bonds. The third-order valence-electron chi connectivity index (χ3n) is 2.33. The molecule has 0 saturated carbocycles. The van der Waals surface area contributed by atoms with Crippen molar-refractivity contribution in [1.82, 2.24) is 5.32 Å². The molecule has 0 bridgehead atoms. The van der Waals surface area contributed by atoms with Gasteiger partial charge in [-0.2, -0.15) is 0 Å². The van der Waals surface area contributed by atoms with Gasteiger partial charge in [0.2, 0.25) is 0 Å². The Labute approximate surface area is 91.3 Å². The largest absolute Gasteiger partial charge is 0.508 e. The van der Waals surface area contributed by atoms with Crippen molar-refractivity contribution in [3.05, 3.63) is 29.8 Å². The number of hydrogen-bond acceptors (Lipinski definition) is 3. The fourth-order valence-corrected chi connectivity index (χ4v) is 1.41. The van der Waals surface area contributed by atoms with E-state index in [0.717, 1.165) is 38.9 Å². The lowest BCUT2D eigenvalue weighted by Gasteiger charge is -2.04. The zero-order valence-corrected chi connectivity index (χ0v) is 9.08. The van der Waals surface area contributed by atoms with Crippen LogP contribution in [0, 0.1) is 0 Å². The summed E-state index contributed by atoms with van der Waals surface area (Å²) < 4.78 is 0. The average molecular weight is 208 g/mol. The molecule has 0 aromatic heterocycles. The van der Waals surface area contributed by atoms with Crippen LogP contribution >= 0.6 is 0 Å². The van der Waals surface area contributed by atoms with Gasteiger partial charge >= 0.3 is 0 Å². The van der Waals surface area contributed by atoms with Gasteiger partial charge in [-0.25, -0.2) is 0 Å². The Morgan fingerprint density at radius 1 is 1.07 bits per heavy atom. The number of rotatable bonds is 7. The lowest BCUT2D eigenvalue weighted by Crippen LogP contribution is -2.19. The maximum atomic E-state index is 9.10. The van der Waals surface area contributed by atoms with Crippen LogP contribution in [0.5, 0.6) is 5.75 Å². The lowest BCUT2D eigenvalue weighted by atomic mass is 10.1. The minimum Gasteiger partial charge on any atom is -0.508 e. The van der Waals surface area contributed by atoms with Gasteiger partial charge in [0.15, 0.2) is 0 Å². The average Bonchev–Trinajstić information content (AvgIpc) is 2.26. The third-order valence-corrected chi connectivity index (χ3v) is 2.33. The SMILES string of the molecule is NCCCCNCCc1ccc(O)cc1. The summed E-state index contributed by atoms with van der Waals surface area (Å²) in [6.07, 6.45) is 3.24. The molecule has 1 rings (SSSR count). The molecule has 15 heavy (non-hydrogen) atoms. The van der Waals surface area contributed by atoms with Gasteiger partial charge in [0.1, 0.15) is 5.75 Å². The summed E-state index contributed by atoms with van der Waals surface area (Å²) in [7, 11) is 0. The molecule has 0 fully saturated rings. The molecule has 1 aromatic carbocycles. The molecule has 0 unspecified atom stereocenters. The number of unbranched alkanes of at least 4 members (excludes halogenated alkanes) is 1. The lowest BCUT2D eigenvalue weighted by molar-refractivity contribution is 0.475. The Hall–Kier alpha value is -1.06. The quantitative estimate of drug-likeness (QED) is 0.591. The Morgan fingerprint density at radius 2 is 1.80 bits per heavy atom. The fourth-order valence-electron chi connectivity index (χ4n) is 1.41. The molecule has 84 valence electrons. The zero-order chi connectivity index (χ0) is 10.9. The summed E-state index contributed by atoms with van der Waals surface area (Å²) in [4.78, 5) is 0. The maximum Gasteiger partial charge on any atom is 0.115 e. The van der Waals surface area contributed by atoms with Crippen molar-refractivity contribution in [2.45, 2.75) is 19.3 Å². The van der Waals surface area contributed by atoms with E-state index in [2.05, 4.69) is 5.32 Å². The van der Waals surface area contributed by atoms with Crippen LogP contribution in [0.2, 0.25) is 0 Å². The molecular weight excluding hydrogens is 188 g/mol. The number of aromatic hydroxyl groups is 1. The first-order valence-corrected chi connectivity index (χ1v) is 5.51. The molecule has 0 heterocycles. The van der Waals surface area contributed by atoms with Crippen LogP contribution in [0.15, 0.2) is 24.3 Å². The van der Waals surface area contributed by atoms with E-state index >= 15 is 0 Å². The predicted octanol–water partition coefficient (Wildman–Crippen LogP) is 1.26. The minimum absolute atomic E-state index is 0.328. The first kappa shape index (κ1) is 12.0. The van der Waals surface area contributed by atoms with Crippen molar-refractivity contribution >= 4 is 0 Å². The maximum absolute atomic E-state index is 9.10. The number of nitrogens with one attached hydrogen (secondary N) is 1. The van der Waals surface area contributed by atoms with Crippen molar-refractivity contribution in [3.8, 4) is 5.75 Å². The molecule has 0 atom stereocenters. The van der Waals surface area contributed by atoms with E-state index in [1.807, 2.05) is 12.1 Å². The summed E-state index contributed by atoms with van der Waals surface area (Å²) >= 11 is 0. The van der Waals surface area contributed by atoms with E-state index in [1.165, 1.54) is 5.56 Å². The third kappa shape index (κ3) is 5.40. The van der Waals surface area contributed by atoms with Gasteiger partial charge in [-0.15, -0.1) is 0 Å². The van der Waals surface area contributed by atoms with Crippen molar-refractivity contribution in [2.24, 2.45) is 5.73 Å². The van der Waals surface area contributed by atoms with Gasteiger partial charge in [0, 0.05) is 0 Å². The summed E-state index contributed by atoms with van der Waals surface area (Å²) in [5.41, 5.74) is 6.65. The second kappa shape index (κ2) is 7.26. The highest BCUT2D eigenvalue weighted by Gasteiger charge is 1.93. The summed E-state index contributed by atoms with van der Waals surface area (Å²) in [5, 5.41) is 12.5. The number of phenolic OH excluding ortho intramolecular Hbond substituents is 1. The normalized spacial score (nSPS) is 10.5. The molecule has 0 spiro atoms. The van der Waals surface area contributed by atoms with Gasteiger partial charge in [-0.1, -0.05) is 12.1 Å². The van der Waals surface area contributed by atoms with Crippen molar-refractivity contribution in [1.29, 1.82) is 0 Å². The number of phenols is 1. The second-order valence-electron chi connectivity index (χ2n) is 3.66. The molecule has 4 N–H and O–H groups in total. The number of hydrogen-bond donors (Lipinski definition) is 3. The van der Waals surface area contributed by atoms with Gasteiger partial charge in [-0.05, 0) is 56.6 Å². The first-order valence-electron chi connectivity index (χ1n) is 5.51. The highest BCUT2D eigenvalue weighted by atomic mass is 16.3. The van der Waals surface area contributed by atoms with Crippen LogP contribution in [0.1, 0.15) is 18.4 Å². The van der Waals surface area contributed by atoms with Crippen LogP contribution in [0.4, 0.5) is 0 Å². The molecule has 0 saturated heterocycles. The van der Waals surface area contributed by atoms with E-state index in [1.54, 1.807) is 12.1 Å². The summed E-state index contributed by atoms with van der Waals surface area (Å²) in [5.74, 6) is 0.328. The Balaban J connectivity index is 2.07. The fraction of sp³-hybridized carbons (Fsp3) is 0.500. The molecule has 0 aliphatic carbocycles. The predicted molar refractivity (Wildman–Crippen MR) is 63.0 cm³/mol. The highest BCUT2D eigenvalue weighted by Crippen LogP contribution is 2.09. The molecule has 0 radical (unpaired) electrons. The van der Waals surface area contributed by atoms with Gasteiger partial charge in [0.05, 0.1) is 0 Å². The van der Waals surface area contributed by atoms with Gasteiger partial charge in [0.25, 0.3) is 0 Å². The van der Waals surface area contributed by atoms with Crippen LogP contribution in [0.3, 0.4) is 0 Å². The van der Waals surface area contributed by atoms with E-state index in [4.69, 9.17) is 10.8 Å². The van der Waals surface area contributed by atoms with Gasteiger partial charge in [-0.3, -0.25) is 0 Å². The molecule has 3 heteroatoms. The first-order chi connectivity index (χ1) is 7.33. The molecule has 0 aliphatic heterocycles. The molecular formula is C12H20N2O. The van der Waals surface area contributed by atoms with E-state index in [9.17, 15) is 0 Å². The number of nitrogens with two attached hydrogens (primary N) is 1. The van der Waals surface area contributed by atoms with Crippen molar-refractivity contribution in [3.63, 3.8) is 0 Å². The topological polar surface area (TPSA) is 58.3 Å². The molecule has 3 nitrogen and oxygen atoms in total. The smallest absolute Gasteiger partial charge is 0.115 e. The van der Waals surface area contributed by atoms with Crippen LogP contribution < -0.4 is 11.1 Å². The van der Waals surface area contributed by atoms with Crippen LogP contribution in [-0.2, 0) is 6.42 Å². The van der Waals surface area contributed by atoms with E-state index < -0.39 is 0 Å². The minimum atomic E-state index is 0.328. The number of benzene rings is 1. The molecule has 0 aliphatic rings. The van der Waals surface area contributed by atoms with E-state index in [0.29, 0.717) is 5.75 Å². The monoisotopic (exact) mass is 208 g/mol. The van der Waals surface area contributed by atoms with Crippen molar-refractivity contribution in [2.75, 3.05) is 19.6 Å². The standard InChI is InChI=1S/C12H20N2O/c13-8-1-2-9-14-10-7-11-3-5-12(15)6-4-11/h3-6,14-15H,1-2,7-10,13H2. The Bertz CT molecular complexity index is 259. The van der Waals surface area contributed by atoms with Gasteiger partial charge < -0.3 is 16.2 Å². The Morgan fingerprint density at radius 3 is 2.47 bits per heavy atom.